The van der Waals surface area contributed by atoms with Gasteiger partial charge in [0.2, 0.25) is 5.91 Å². The van der Waals surface area contributed by atoms with Gasteiger partial charge in [-0.25, -0.2) is 0 Å². The van der Waals surface area contributed by atoms with E-state index in [1.54, 1.807) is 0 Å². The molecular formula is C13H24N2O2. The molecule has 2 unspecified atom stereocenters. The average Bonchev–Trinajstić information content (AvgIpc) is 2.54. The molecule has 0 aromatic carbocycles. The Hall–Kier alpha value is -0.610. The van der Waals surface area contributed by atoms with Gasteiger partial charge in [0.25, 0.3) is 0 Å². The highest BCUT2D eigenvalue weighted by Gasteiger charge is 2.40. The Morgan fingerprint density at radius 1 is 1.41 bits per heavy atom. The molecule has 0 aliphatic carbocycles. The molecule has 2 fully saturated rings. The van der Waals surface area contributed by atoms with Crippen molar-refractivity contribution < 1.29 is 9.53 Å². The van der Waals surface area contributed by atoms with E-state index in [2.05, 4.69) is 31.0 Å². The molecule has 4 nitrogen and oxygen atoms in total. The van der Waals surface area contributed by atoms with Crippen LogP contribution in [0.3, 0.4) is 0 Å². The predicted molar refractivity (Wildman–Crippen MR) is 66.5 cm³/mol. The number of amides is 1. The van der Waals surface area contributed by atoms with E-state index >= 15 is 0 Å². The summed E-state index contributed by atoms with van der Waals surface area (Å²) in [7, 11) is 0. The molecule has 0 saturated carbocycles. The van der Waals surface area contributed by atoms with Crippen molar-refractivity contribution in [1.29, 1.82) is 0 Å². The number of carbonyl (C=O) groups is 1. The van der Waals surface area contributed by atoms with E-state index in [1.165, 1.54) is 0 Å². The molecule has 2 aliphatic heterocycles. The van der Waals surface area contributed by atoms with E-state index in [4.69, 9.17) is 4.74 Å². The van der Waals surface area contributed by atoms with Crippen LogP contribution in [-0.4, -0.2) is 42.3 Å². The van der Waals surface area contributed by atoms with E-state index in [-0.39, 0.29) is 18.1 Å². The molecule has 1 amide bonds. The molecular weight excluding hydrogens is 216 g/mol. The molecule has 2 saturated heterocycles. The predicted octanol–water partition coefficient (Wildman–Crippen LogP) is 1.36. The number of hydrogen-bond donors (Lipinski definition) is 1. The van der Waals surface area contributed by atoms with Crippen molar-refractivity contribution >= 4 is 5.91 Å². The maximum Gasteiger partial charge on any atom is 0.241 e. The minimum absolute atomic E-state index is 0.0212. The zero-order valence-corrected chi connectivity index (χ0v) is 11.1. The Kier molecular flexibility index (Phi) is 4.05. The van der Waals surface area contributed by atoms with Crippen molar-refractivity contribution in [3.05, 3.63) is 0 Å². The maximum atomic E-state index is 12.4. The third-order valence-electron chi connectivity index (χ3n) is 3.70. The van der Waals surface area contributed by atoms with E-state index in [1.807, 2.05) is 0 Å². The van der Waals surface area contributed by atoms with Crippen LogP contribution in [0.1, 0.15) is 40.0 Å². The smallest absolute Gasteiger partial charge is 0.241 e. The average molecular weight is 240 g/mol. The molecule has 17 heavy (non-hydrogen) atoms. The third kappa shape index (κ3) is 2.80. The quantitative estimate of drug-likeness (QED) is 0.810. The first-order valence-electron chi connectivity index (χ1n) is 6.75. The fraction of sp³-hybridized carbons (Fsp3) is 0.923. The van der Waals surface area contributed by atoms with Gasteiger partial charge in [-0.15, -0.1) is 0 Å². The van der Waals surface area contributed by atoms with Crippen LogP contribution < -0.4 is 5.32 Å². The maximum absolute atomic E-state index is 12.4. The Morgan fingerprint density at radius 3 is 2.65 bits per heavy atom. The van der Waals surface area contributed by atoms with Crippen LogP contribution in [0.2, 0.25) is 0 Å². The molecule has 2 heterocycles. The van der Waals surface area contributed by atoms with E-state index in [0.717, 1.165) is 32.5 Å². The topological polar surface area (TPSA) is 41.6 Å². The molecule has 2 atom stereocenters. The summed E-state index contributed by atoms with van der Waals surface area (Å²) in [6.07, 6.45) is 3.07. The van der Waals surface area contributed by atoms with Crippen LogP contribution >= 0.6 is 0 Å². The fourth-order valence-electron chi connectivity index (χ4n) is 2.91. The van der Waals surface area contributed by atoms with Crippen LogP contribution in [0.15, 0.2) is 0 Å². The molecule has 0 aromatic rings. The van der Waals surface area contributed by atoms with Crippen molar-refractivity contribution in [3.8, 4) is 0 Å². The summed E-state index contributed by atoms with van der Waals surface area (Å²) in [5.74, 6) is 0.844. The zero-order chi connectivity index (χ0) is 12.4. The summed E-state index contributed by atoms with van der Waals surface area (Å²) in [5, 5.41) is 3.42. The second-order valence-corrected chi connectivity index (χ2v) is 5.61. The molecule has 0 spiro atoms. The van der Waals surface area contributed by atoms with Gasteiger partial charge in [0.05, 0.1) is 12.2 Å². The SMILES string of the molecule is CC(C)CC1NC(C)N(C2CCOCC2)C1=O. The summed E-state index contributed by atoms with van der Waals surface area (Å²) in [4.78, 5) is 14.4. The van der Waals surface area contributed by atoms with Gasteiger partial charge in [-0.1, -0.05) is 13.8 Å². The van der Waals surface area contributed by atoms with Crippen molar-refractivity contribution in [2.45, 2.75) is 58.3 Å². The van der Waals surface area contributed by atoms with Gasteiger partial charge in [0.1, 0.15) is 0 Å². The number of rotatable bonds is 3. The van der Waals surface area contributed by atoms with Gasteiger partial charge in [-0.3, -0.25) is 10.1 Å². The van der Waals surface area contributed by atoms with E-state index in [9.17, 15) is 4.79 Å². The minimum Gasteiger partial charge on any atom is -0.381 e. The first-order valence-corrected chi connectivity index (χ1v) is 6.75. The second-order valence-electron chi connectivity index (χ2n) is 5.61. The van der Waals surface area contributed by atoms with Gasteiger partial charge < -0.3 is 9.64 Å². The number of nitrogens with one attached hydrogen (secondary N) is 1. The molecule has 4 heteroatoms. The second kappa shape index (κ2) is 5.36. The Balaban J connectivity index is 2.00. The van der Waals surface area contributed by atoms with Crippen LogP contribution in [0.5, 0.6) is 0 Å². The highest BCUT2D eigenvalue weighted by molar-refractivity contribution is 5.84. The van der Waals surface area contributed by atoms with Crippen LogP contribution in [0, 0.1) is 5.92 Å². The zero-order valence-electron chi connectivity index (χ0n) is 11.1. The molecule has 98 valence electrons. The Morgan fingerprint density at radius 2 is 2.06 bits per heavy atom. The largest absolute Gasteiger partial charge is 0.381 e. The summed E-state index contributed by atoms with van der Waals surface area (Å²) >= 11 is 0. The highest BCUT2D eigenvalue weighted by atomic mass is 16.5. The van der Waals surface area contributed by atoms with Crippen molar-refractivity contribution in [2.75, 3.05) is 13.2 Å². The fourth-order valence-corrected chi connectivity index (χ4v) is 2.91. The van der Waals surface area contributed by atoms with E-state index < -0.39 is 0 Å². The first-order chi connectivity index (χ1) is 8.09. The normalized spacial score (nSPS) is 31.5. The monoisotopic (exact) mass is 240 g/mol. The summed E-state index contributed by atoms with van der Waals surface area (Å²) in [6, 6.07) is 0.392. The lowest BCUT2D eigenvalue weighted by molar-refractivity contribution is -0.134. The molecule has 2 rings (SSSR count). The van der Waals surface area contributed by atoms with Gasteiger partial charge in [-0.05, 0) is 32.1 Å². The lowest BCUT2D eigenvalue weighted by Crippen LogP contribution is -2.45. The number of ether oxygens (including phenoxy) is 1. The molecule has 1 N–H and O–H groups in total. The minimum atomic E-state index is 0.0212. The van der Waals surface area contributed by atoms with Gasteiger partial charge >= 0.3 is 0 Å². The van der Waals surface area contributed by atoms with Gasteiger partial charge in [0.15, 0.2) is 0 Å². The lowest BCUT2D eigenvalue weighted by Gasteiger charge is -2.33. The van der Waals surface area contributed by atoms with Gasteiger partial charge in [0, 0.05) is 19.3 Å². The van der Waals surface area contributed by atoms with E-state index in [0.29, 0.717) is 12.0 Å². The van der Waals surface area contributed by atoms with Crippen molar-refractivity contribution in [3.63, 3.8) is 0 Å². The highest BCUT2D eigenvalue weighted by Crippen LogP contribution is 2.24. The number of nitrogens with zero attached hydrogens (tertiary/aromatic N) is 1. The standard InChI is InChI=1S/C13H24N2O2/c1-9(2)8-12-13(16)15(10(3)14-12)11-4-6-17-7-5-11/h9-12,14H,4-8H2,1-3H3. The molecule has 2 aliphatic rings. The van der Waals surface area contributed by atoms with Crippen molar-refractivity contribution in [1.82, 2.24) is 10.2 Å². The number of hydrogen-bond acceptors (Lipinski definition) is 3. The Bertz CT molecular complexity index is 275. The first kappa shape index (κ1) is 12.8. The van der Waals surface area contributed by atoms with Gasteiger partial charge in [-0.2, -0.15) is 0 Å². The Labute approximate surface area is 104 Å². The molecule has 0 radical (unpaired) electrons. The van der Waals surface area contributed by atoms with Crippen LogP contribution in [-0.2, 0) is 9.53 Å². The third-order valence-corrected chi connectivity index (χ3v) is 3.70. The van der Waals surface area contributed by atoms with Crippen LogP contribution in [0.4, 0.5) is 0 Å². The number of carbonyl (C=O) groups excluding carboxylic acids is 1. The lowest BCUT2D eigenvalue weighted by atomic mass is 10.0. The molecule has 0 bridgehead atoms. The summed E-state index contributed by atoms with van der Waals surface area (Å²) in [6.45, 7) is 7.99. The van der Waals surface area contributed by atoms with Crippen molar-refractivity contribution in [2.24, 2.45) is 5.92 Å². The molecule has 0 aromatic heterocycles. The summed E-state index contributed by atoms with van der Waals surface area (Å²) < 4.78 is 5.36. The van der Waals surface area contributed by atoms with Crippen LogP contribution in [0.25, 0.3) is 0 Å². The summed E-state index contributed by atoms with van der Waals surface area (Å²) in [5.41, 5.74) is 0.